The average molecular weight is 432 g/mol. The van der Waals surface area contributed by atoms with Gasteiger partial charge in [-0.2, -0.15) is 0 Å². The van der Waals surface area contributed by atoms with Crippen LogP contribution in [0.25, 0.3) is 32.9 Å². The molecule has 2 aromatic carbocycles. The SMILES string of the molecule is CCn1c2ccc(N3CCCOC3=O)cc2c2c(C(N)=O)cc(-c3c(C)noc3C)cc21. The van der Waals surface area contributed by atoms with Crippen molar-refractivity contribution >= 4 is 39.5 Å². The normalized spacial score (nSPS) is 14.3. The van der Waals surface area contributed by atoms with Crippen molar-refractivity contribution in [3.05, 3.63) is 47.3 Å². The van der Waals surface area contributed by atoms with Gasteiger partial charge in [0.15, 0.2) is 0 Å². The van der Waals surface area contributed by atoms with Gasteiger partial charge in [-0.05, 0) is 63.1 Å². The van der Waals surface area contributed by atoms with Crippen LogP contribution in [0, 0.1) is 13.8 Å². The van der Waals surface area contributed by atoms with E-state index in [1.807, 2.05) is 38.1 Å². The average Bonchev–Trinajstić information content (AvgIpc) is 3.28. The van der Waals surface area contributed by atoms with Crippen LogP contribution in [0.5, 0.6) is 0 Å². The number of cyclic esters (lactones) is 1. The molecule has 0 unspecified atom stereocenters. The van der Waals surface area contributed by atoms with Gasteiger partial charge in [-0.25, -0.2) is 4.79 Å². The number of aryl methyl sites for hydroxylation is 3. The maximum atomic E-state index is 12.6. The number of nitrogens with two attached hydrogens (primary N) is 1. The number of fused-ring (bicyclic) bond motifs is 3. The second kappa shape index (κ2) is 7.40. The molecule has 1 aliphatic heterocycles. The van der Waals surface area contributed by atoms with E-state index < -0.39 is 5.91 Å². The summed E-state index contributed by atoms with van der Waals surface area (Å²) in [7, 11) is 0. The van der Waals surface area contributed by atoms with Crippen LogP contribution in [0.1, 0.15) is 35.2 Å². The van der Waals surface area contributed by atoms with Crippen molar-refractivity contribution in [1.82, 2.24) is 9.72 Å². The molecule has 4 aromatic rings. The number of hydrogen-bond donors (Lipinski definition) is 1. The zero-order valence-electron chi connectivity index (χ0n) is 18.3. The molecular formula is C24H24N4O4. The van der Waals surface area contributed by atoms with Gasteiger partial charge in [-0.1, -0.05) is 5.16 Å². The molecule has 2 aromatic heterocycles. The number of amides is 2. The highest BCUT2D eigenvalue weighted by Gasteiger charge is 2.24. The second-order valence-electron chi connectivity index (χ2n) is 8.05. The molecule has 2 amide bonds. The van der Waals surface area contributed by atoms with E-state index in [2.05, 4.69) is 16.6 Å². The zero-order valence-corrected chi connectivity index (χ0v) is 18.3. The summed E-state index contributed by atoms with van der Waals surface area (Å²) in [5, 5.41) is 5.70. The summed E-state index contributed by atoms with van der Waals surface area (Å²) in [4.78, 5) is 26.5. The van der Waals surface area contributed by atoms with Crippen LogP contribution >= 0.6 is 0 Å². The zero-order chi connectivity index (χ0) is 22.6. The molecule has 164 valence electrons. The van der Waals surface area contributed by atoms with Gasteiger partial charge in [-0.15, -0.1) is 0 Å². The second-order valence-corrected chi connectivity index (χ2v) is 8.05. The van der Waals surface area contributed by atoms with Crippen LogP contribution in [0.4, 0.5) is 10.5 Å². The number of hydrogen-bond acceptors (Lipinski definition) is 5. The summed E-state index contributed by atoms with van der Waals surface area (Å²) in [5.41, 5.74) is 11.3. The predicted molar refractivity (Wildman–Crippen MR) is 122 cm³/mol. The Hall–Kier alpha value is -3.81. The summed E-state index contributed by atoms with van der Waals surface area (Å²) in [6, 6.07) is 9.69. The number of rotatable bonds is 4. The molecule has 1 saturated heterocycles. The number of primary amides is 1. The first-order chi connectivity index (χ1) is 15.4. The monoisotopic (exact) mass is 432 g/mol. The van der Waals surface area contributed by atoms with E-state index in [9.17, 15) is 9.59 Å². The number of aromatic nitrogens is 2. The molecule has 1 fully saturated rings. The predicted octanol–water partition coefficient (Wildman–Crippen LogP) is 4.53. The minimum absolute atomic E-state index is 0.356. The van der Waals surface area contributed by atoms with Crippen LogP contribution in [0.2, 0.25) is 0 Å². The Kier molecular flexibility index (Phi) is 4.65. The van der Waals surface area contributed by atoms with Gasteiger partial charge >= 0.3 is 6.09 Å². The number of carbonyl (C=O) groups excluding carboxylic acids is 2. The minimum Gasteiger partial charge on any atom is -0.449 e. The third-order valence-corrected chi connectivity index (χ3v) is 6.14. The maximum absolute atomic E-state index is 12.6. The molecule has 8 nitrogen and oxygen atoms in total. The Morgan fingerprint density at radius 2 is 2.00 bits per heavy atom. The molecule has 0 radical (unpaired) electrons. The highest BCUT2D eigenvalue weighted by Crippen LogP contribution is 2.38. The van der Waals surface area contributed by atoms with Gasteiger partial charge in [-0.3, -0.25) is 9.69 Å². The van der Waals surface area contributed by atoms with Gasteiger partial charge in [0.2, 0.25) is 5.91 Å². The smallest absolute Gasteiger partial charge is 0.414 e. The summed E-state index contributed by atoms with van der Waals surface area (Å²) in [6.45, 7) is 7.51. The fourth-order valence-corrected chi connectivity index (χ4v) is 4.74. The molecule has 5 rings (SSSR count). The van der Waals surface area contributed by atoms with Crippen molar-refractivity contribution in [2.24, 2.45) is 5.73 Å². The molecule has 32 heavy (non-hydrogen) atoms. The number of benzene rings is 2. The third-order valence-electron chi connectivity index (χ3n) is 6.14. The Morgan fingerprint density at radius 1 is 1.19 bits per heavy atom. The standard InChI is InChI=1S/C24H24N4O4/c1-4-27-19-7-6-16(28-8-5-9-31-24(28)30)12-17(19)22-18(23(25)29)10-15(11-20(22)27)21-13(2)26-32-14(21)3/h6-7,10-12H,4-5,8-9H2,1-3H3,(H2,25,29). The molecular weight excluding hydrogens is 408 g/mol. The van der Waals surface area contributed by atoms with E-state index in [4.69, 9.17) is 15.0 Å². The van der Waals surface area contributed by atoms with Crippen molar-refractivity contribution in [1.29, 1.82) is 0 Å². The number of ether oxygens (including phenoxy) is 1. The van der Waals surface area contributed by atoms with E-state index in [1.54, 1.807) is 11.0 Å². The highest BCUT2D eigenvalue weighted by atomic mass is 16.6. The minimum atomic E-state index is -0.512. The lowest BCUT2D eigenvalue weighted by Gasteiger charge is -2.26. The van der Waals surface area contributed by atoms with E-state index in [1.165, 1.54) is 0 Å². The summed E-state index contributed by atoms with van der Waals surface area (Å²) < 4.78 is 12.7. The molecule has 8 heteroatoms. The van der Waals surface area contributed by atoms with Gasteiger partial charge in [0.1, 0.15) is 5.76 Å². The largest absolute Gasteiger partial charge is 0.449 e. The fourth-order valence-electron chi connectivity index (χ4n) is 4.74. The van der Waals surface area contributed by atoms with Crippen molar-refractivity contribution in [2.45, 2.75) is 33.7 Å². The van der Waals surface area contributed by atoms with Crippen LogP contribution < -0.4 is 10.6 Å². The van der Waals surface area contributed by atoms with Crippen LogP contribution in [0.15, 0.2) is 34.9 Å². The lowest BCUT2D eigenvalue weighted by atomic mass is 9.97. The first-order valence-electron chi connectivity index (χ1n) is 10.7. The first-order valence-corrected chi connectivity index (χ1v) is 10.7. The third kappa shape index (κ3) is 2.94. The molecule has 3 heterocycles. The molecule has 0 aliphatic carbocycles. The topological polar surface area (TPSA) is 104 Å². The lowest BCUT2D eigenvalue weighted by molar-refractivity contribution is 0.100. The Bertz CT molecular complexity index is 1380. The molecule has 2 N–H and O–H groups in total. The molecule has 0 saturated carbocycles. The maximum Gasteiger partial charge on any atom is 0.414 e. The Balaban J connectivity index is 1.82. The Labute approximate surface area is 184 Å². The van der Waals surface area contributed by atoms with E-state index in [0.717, 1.165) is 50.7 Å². The van der Waals surface area contributed by atoms with Gasteiger partial charge < -0.3 is 19.6 Å². The van der Waals surface area contributed by atoms with Crippen molar-refractivity contribution in [2.75, 3.05) is 18.1 Å². The molecule has 1 aliphatic rings. The molecule has 0 bridgehead atoms. The molecule has 0 atom stereocenters. The lowest BCUT2D eigenvalue weighted by Crippen LogP contribution is -2.37. The van der Waals surface area contributed by atoms with Crippen molar-refractivity contribution in [3.8, 4) is 11.1 Å². The van der Waals surface area contributed by atoms with E-state index in [-0.39, 0.29) is 6.09 Å². The van der Waals surface area contributed by atoms with Crippen LogP contribution in [-0.2, 0) is 11.3 Å². The summed E-state index contributed by atoms with van der Waals surface area (Å²) in [6.07, 6.45) is 0.416. The number of nitrogens with zero attached hydrogens (tertiary/aromatic N) is 3. The number of anilines is 1. The van der Waals surface area contributed by atoms with E-state index >= 15 is 0 Å². The van der Waals surface area contributed by atoms with Crippen molar-refractivity contribution < 1.29 is 18.8 Å². The van der Waals surface area contributed by atoms with Crippen LogP contribution in [-0.4, -0.2) is 34.9 Å². The van der Waals surface area contributed by atoms with Gasteiger partial charge in [0, 0.05) is 46.2 Å². The molecule has 0 spiro atoms. The van der Waals surface area contributed by atoms with Crippen molar-refractivity contribution in [3.63, 3.8) is 0 Å². The van der Waals surface area contributed by atoms with Gasteiger partial charge in [0.05, 0.1) is 17.8 Å². The first kappa shape index (κ1) is 20.1. The quantitative estimate of drug-likeness (QED) is 0.510. The fraction of sp³-hybridized carbons (Fsp3) is 0.292. The highest BCUT2D eigenvalue weighted by molar-refractivity contribution is 6.19. The Morgan fingerprint density at radius 3 is 2.66 bits per heavy atom. The van der Waals surface area contributed by atoms with Crippen LogP contribution in [0.3, 0.4) is 0 Å². The summed E-state index contributed by atoms with van der Waals surface area (Å²) in [5.74, 6) is 0.170. The summed E-state index contributed by atoms with van der Waals surface area (Å²) >= 11 is 0. The van der Waals surface area contributed by atoms with E-state index in [0.29, 0.717) is 31.0 Å². The van der Waals surface area contributed by atoms with Gasteiger partial charge in [0.25, 0.3) is 0 Å². The number of carbonyl (C=O) groups is 2.